The highest BCUT2D eigenvalue weighted by atomic mass is 32.1. The number of carbonyl (C=O) groups excluding carboxylic acids is 1. The molecule has 6 nitrogen and oxygen atoms in total. The molecule has 2 aromatic heterocycles. The summed E-state index contributed by atoms with van der Waals surface area (Å²) in [6, 6.07) is 1.82. The molecule has 3 heterocycles. The number of aromatic amines is 1. The Morgan fingerprint density at radius 2 is 2.45 bits per heavy atom. The number of hydrogen-bond donors (Lipinski definition) is 1. The van der Waals surface area contributed by atoms with Gasteiger partial charge < -0.3 is 14.6 Å². The van der Waals surface area contributed by atoms with Crippen LogP contribution in [0.5, 0.6) is 0 Å². The van der Waals surface area contributed by atoms with Crippen LogP contribution < -0.4 is 5.56 Å². The van der Waals surface area contributed by atoms with Crippen LogP contribution in [0.4, 0.5) is 0 Å². The topological polar surface area (TPSA) is 75.3 Å². The van der Waals surface area contributed by atoms with Gasteiger partial charge in [-0.25, -0.2) is 4.98 Å². The zero-order valence-electron chi connectivity index (χ0n) is 12.5. The van der Waals surface area contributed by atoms with E-state index in [9.17, 15) is 9.59 Å². The molecule has 1 atom stereocenters. The number of carbonyl (C=O) groups is 1. The van der Waals surface area contributed by atoms with Gasteiger partial charge in [0.1, 0.15) is 10.5 Å². The van der Waals surface area contributed by atoms with E-state index >= 15 is 0 Å². The van der Waals surface area contributed by atoms with E-state index < -0.39 is 0 Å². The molecule has 0 bridgehead atoms. The molecule has 1 aliphatic heterocycles. The van der Waals surface area contributed by atoms with Gasteiger partial charge >= 0.3 is 0 Å². The van der Waals surface area contributed by atoms with Crippen LogP contribution in [-0.4, -0.2) is 40.5 Å². The number of aromatic nitrogens is 2. The maximum absolute atomic E-state index is 12.2. The zero-order valence-corrected chi connectivity index (χ0v) is 13.3. The van der Waals surface area contributed by atoms with E-state index in [0.717, 1.165) is 25.9 Å². The molecule has 2 aromatic rings. The number of rotatable bonds is 5. The Balaban J connectivity index is 1.60. The maximum Gasteiger partial charge on any atom is 0.268 e. The Kier molecular flexibility index (Phi) is 4.54. The van der Waals surface area contributed by atoms with Gasteiger partial charge in [-0.05, 0) is 30.7 Å². The zero-order chi connectivity index (χ0) is 15.5. The number of ether oxygens (including phenoxy) is 1. The van der Waals surface area contributed by atoms with Crippen molar-refractivity contribution in [1.29, 1.82) is 0 Å². The molecule has 1 N–H and O–H groups in total. The lowest BCUT2D eigenvalue weighted by Crippen LogP contribution is -2.28. The highest BCUT2D eigenvalue weighted by Crippen LogP contribution is 2.18. The predicted octanol–water partition coefficient (Wildman–Crippen LogP) is 1.90. The summed E-state index contributed by atoms with van der Waals surface area (Å²) in [5.74, 6) is 0.562. The molecular formula is C15H19N3O3S. The maximum atomic E-state index is 12.2. The Morgan fingerprint density at radius 3 is 3.23 bits per heavy atom. The van der Waals surface area contributed by atoms with Crippen LogP contribution in [0.15, 0.2) is 16.2 Å². The monoisotopic (exact) mass is 321 g/mol. The first-order valence-corrected chi connectivity index (χ1v) is 8.33. The standard InChI is InChI=1S/C15H19N3O3S/c1-18(13(19)5-4-10-3-2-7-21-10)9-12-16-11-6-8-22-14(11)15(20)17-12/h6,8,10H,2-5,7,9H2,1H3,(H,16,17,20)/t10-/m0/s1. The summed E-state index contributed by atoms with van der Waals surface area (Å²) in [5, 5.41) is 1.84. The second-order valence-electron chi connectivity index (χ2n) is 5.57. The van der Waals surface area contributed by atoms with Crippen LogP contribution in [0, 0.1) is 0 Å². The van der Waals surface area contributed by atoms with E-state index in [1.54, 1.807) is 11.9 Å². The second-order valence-corrected chi connectivity index (χ2v) is 6.49. The smallest absolute Gasteiger partial charge is 0.268 e. The molecule has 3 rings (SSSR count). The summed E-state index contributed by atoms with van der Waals surface area (Å²) in [6.45, 7) is 1.12. The van der Waals surface area contributed by atoms with Crippen LogP contribution in [-0.2, 0) is 16.1 Å². The lowest BCUT2D eigenvalue weighted by molar-refractivity contribution is -0.131. The molecule has 0 spiro atoms. The van der Waals surface area contributed by atoms with Crippen LogP contribution >= 0.6 is 11.3 Å². The first-order chi connectivity index (χ1) is 10.6. The van der Waals surface area contributed by atoms with Gasteiger partial charge in [0.05, 0.1) is 18.2 Å². The van der Waals surface area contributed by atoms with E-state index in [2.05, 4.69) is 9.97 Å². The molecular weight excluding hydrogens is 302 g/mol. The van der Waals surface area contributed by atoms with Crippen molar-refractivity contribution in [1.82, 2.24) is 14.9 Å². The average Bonchev–Trinajstić information content (AvgIpc) is 3.15. The normalized spacial score (nSPS) is 18.0. The Bertz CT molecular complexity index is 718. The van der Waals surface area contributed by atoms with Gasteiger partial charge in [0.25, 0.3) is 5.56 Å². The van der Waals surface area contributed by atoms with Gasteiger partial charge in [0, 0.05) is 20.1 Å². The van der Waals surface area contributed by atoms with Crippen LogP contribution in [0.2, 0.25) is 0 Å². The number of nitrogens with one attached hydrogen (secondary N) is 1. The number of fused-ring (bicyclic) bond motifs is 1. The first-order valence-electron chi connectivity index (χ1n) is 7.45. The molecule has 22 heavy (non-hydrogen) atoms. The third kappa shape index (κ3) is 3.36. The minimum atomic E-state index is -0.143. The van der Waals surface area contributed by atoms with Gasteiger partial charge in [-0.1, -0.05) is 0 Å². The van der Waals surface area contributed by atoms with Gasteiger partial charge in [-0.3, -0.25) is 9.59 Å². The van der Waals surface area contributed by atoms with Gasteiger partial charge in [0.15, 0.2) is 0 Å². The quantitative estimate of drug-likeness (QED) is 0.912. The lowest BCUT2D eigenvalue weighted by Gasteiger charge is -2.17. The van der Waals surface area contributed by atoms with E-state index in [1.807, 2.05) is 11.4 Å². The number of amides is 1. The molecule has 0 aliphatic carbocycles. The third-order valence-electron chi connectivity index (χ3n) is 3.88. The van der Waals surface area contributed by atoms with Crippen molar-refractivity contribution in [2.24, 2.45) is 0 Å². The minimum absolute atomic E-state index is 0.0450. The van der Waals surface area contributed by atoms with E-state index in [0.29, 0.717) is 29.0 Å². The summed E-state index contributed by atoms with van der Waals surface area (Å²) < 4.78 is 6.15. The number of thiophene rings is 1. The van der Waals surface area contributed by atoms with Crippen molar-refractivity contribution < 1.29 is 9.53 Å². The number of nitrogens with zero attached hydrogens (tertiary/aromatic N) is 2. The van der Waals surface area contributed by atoms with E-state index in [1.165, 1.54) is 11.3 Å². The molecule has 1 amide bonds. The second kappa shape index (κ2) is 6.58. The fourth-order valence-corrected chi connectivity index (χ4v) is 3.38. The molecule has 0 radical (unpaired) electrons. The summed E-state index contributed by atoms with van der Waals surface area (Å²) >= 11 is 1.37. The van der Waals surface area contributed by atoms with Gasteiger partial charge in [-0.15, -0.1) is 11.3 Å². The molecule has 0 aromatic carbocycles. The van der Waals surface area contributed by atoms with Crippen molar-refractivity contribution in [3.63, 3.8) is 0 Å². The highest BCUT2D eigenvalue weighted by Gasteiger charge is 2.18. The Hall–Kier alpha value is -1.73. The SMILES string of the molecule is CN(Cc1nc2ccsc2c(=O)[nH]1)C(=O)CC[C@@H]1CCCO1. The summed E-state index contributed by atoms with van der Waals surface area (Å²) in [5.41, 5.74) is 0.541. The van der Waals surface area contributed by atoms with Crippen LogP contribution in [0.1, 0.15) is 31.5 Å². The van der Waals surface area contributed by atoms with E-state index in [-0.39, 0.29) is 17.6 Å². The van der Waals surface area contributed by atoms with Crippen molar-refractivity contribution in [3.8, 4) is 0 Å². The molecule has 0 unspecified atom stereocenters. The highest BCUT2D eigenvalue weighted by molar-refractivity contribution is 7.17. The minimum Gasteiger partial charge on any atom is -0.378 e. The van der Waals surface area contributed by atoms with E-state index in [4.69, 9.17) is 4.74 Å². The number of hydrogen-bond acceptors (Lipinski definition) is 5. The molecule has 1 saturated heterocycles. The fourth-order valence-electron chi connectivity index (χ4n) is 2.66. The predicted molar refractivity (Wildman–Crippen MR) is 84.9 cm³/mol. The molecule has 1 fully saturated rings. The van der Waals surface area contributed by atoms with Crippen LogP contribution in [0.25, 0.3) is 10.2 Å². The number of H-pyrrole nitrogens is 1. The first kappa shape index (κ1) is 15.2. The van der Waals surface area contributed by atoms with Crippen molar-refractivity contribution in [2.75, 3.05) is 13.7 Å². The molecule has 118 valence electrons. The van der Waals surface area contributed by atoms with Gasteiger partial charge in [-0.2, -0.15) is 0 Å². The van der Waals surface area contributed by atoms with Crippen molar-refractivity contribution in [2.45, 2.75) is 38.3 Å². The summed E-state index contributed by atoms with van der Waals surface area (Å²) in [6.07, 6.45) is 3.57. The molecule has 7 heteroatoms. The Morgan fingerprint density at radius 1 is 1.59 bits per heavy atom. The average molecular weight is 321 g/mol. The Labute approximate surface area is 132 Å². The lowest BCUT2D eigenvalue weighted by atomic mass is 10.1. The largest absolute Gasteiger partial charge is 0.378 e. The summed E-state index contributed by atoms with van der Waals surface area (Å²) in [7, 11) is 1.73. The van der Waals surface area contributed by atoms with Crippen molar-refractivity contribution in [3.05, 3.63) is 27.6 Å². The van der Waals surface area contributed by atoms with Crippen LogP contribution in [0.3, 0.4) is 0 Å². The van der Waals surface area contributed by atoms with Gasteiger partial charge in [0.2, 0.25) is 5.91 Å². The molecule has 1 aliphatic rings. The summed E-state index contributed by atoms with van der Waals surface area (Å²) in [4.78, 5) is 32.8. The molecule has 0 saturated carbocycles. The third-order valence-corrected chi connectivity index (χ3v) is 4.78. The fraction of sp³-hybridized carbons (Fsp3) is 0.533. The van der Waals surface area contributed by atoms with Crippen molar-refractivity contribution >= 4 is 27.5 Å².